The number of rotatable bonds is 9. The molecule has 0 aliphatic carbocycles. The Balaban J connectivity index is 0.992. The van der Waals surface area contributed by atoms with E-state index < -0.39 is 0 Å². The highest BCUT2D eigenvalue weighted by Gasteiger charge is 2.17. The number of hydrogen-bond donors (Lipinski definition) is 0. The van der Waals surface area contributed by atoms with Crippen LogP contribution < -0.4 is 9.47 Å². The van der Waals surface area contributed by atoms with E-state index in [2.05, 4.69) is 114 Å². The molecule has 0 radical (unpaired) electrons. The van der Waals surface area contributed by atoms with Crippen LogP contribution in [0, 0.1) is 0 Å². The maximum Gasteiger partial charge on any atom is 0.326 e. The Labute approximate surface area is 329 Å². The van der Waals surface area contributed by atoms with Crippen LogP contribution in [0.5, 0.6) is 23.3 Å². The van der Waals surface area contributed by atoms with Crippen LogP contribution in [-0.2, 0) is 0 Å². The van der Waals surface area contributed by atoms with Gasteiger partial charge < -0.3 is 14.0 Å². The first-order chi connectivity index (χ1) is 28.2. The van der Waals surface area contributed by atoms with Crippen LogP contribution in [0.3, 0.4) is 0 Å². The van der Waals surface area contributed by atoms with Crippen molar-refractivity contribution in [3.05, 3.63) is 206 Å². The molecular formula is C51H34N4O2. The summed E-state index contributed by atoms with van der Waals surface area (Å²) in [5, 5.41) is 2.39. The number of aromatic nitrogens is 4. The molecule has 10 aromatic rings. The molecule has 2 aromatic heterocycles. The van der Waals surface area contributed by atoms with Gasteiger partial charge in [0.1, 0.15) is 5.75 Å². The zero-order valence-electron chi connectivity index (χ0n) is 30.7. The summed E-state index contributed by atoms with van der Waals surface area (Å²) in [6.45, 7) is 0. The summed E-state index contributed by atoms with van der Waals surface area (Å²) < 4.78 is 15.2. The highest BCUT2D eigenvalue weighted by atomic mass is 16.5. The van der Waals surface area contributed by atoms with E-state index in [1.807, 2.05) is 97.1 Å². The maximum atomic E-state index is 6.48. The van der Waals surface area contributed by atoms with Crippen molar-refractivity contribution in [2.75, 3.05) is 0 Å². The second-order valence-electron chi connectivity index (χ2n) is 13.7. The molecule has 0 bridgehead atoms. The largest absolute Gasteiger partial charge is 0.453 e. The molecule has 2 heterocycles. The van der Waals surface area contributed by atoms with Crippen LogP contribution in [0.25, 0.3) is 72.5 Å². The summed E-state index contributed by atoms with van der Waals surface area (Å²) in [5.74, 6) is 2.72. The van der Waals surface area contributed by atoms with E-state index in [9.17, 15) is 0 Å². The Morgan fingerprint density at radius 2 is 0.754 bits per heavy atom. The predicted molar refractivity (Wildman–Crippen MR) is 229 cm³/mol. The van der Waals surface area contributed by atoms with Crippen LogP contribution in [-0.4, -0.2) is 19.5 Å². The lowest BCUT2D eigenvalue weighted by atomic mass is 10.0. The van der Waals surface area contributed by atoms with E-state index in [4.69, 9.17) is 24.4 Å². The van der Waals surface area contributed by atoms with Gasteiger partial charge in [0.15, 0.2) is 23.1 Å². The molecule has 0 unspecified atom stereocenters. The minimum atomic E-state index is 0.173. The highest BCUT2D eigenvalue weighted by molar-refractivity contribution is 6.11. The molecule has 0 saturated carbocycles. The standard InChI is InChI=1S/C51H34N4O2/c1-5-15-35(16-6-1)39-25-31-45-43(33-39)44-34-40(36-17-7-2-8-18-36)26-32-46(44)55(45)41-27-29-42(30-28-41)56-47-23-13-14-24-48(47)57-51-53-49(37-19-9-3-10-20-37)52-50(54-51)38-21-11-4-12-22-38/h1-34H. The highest BCUT2D eigenvalue weighted by Crippen LogP contribution is 2.39. The van der Waals surface area contributed by atoms with Crippen molar-refractivity contribution in [1.82, 2.24) is 19.5 Å². The average Bonchev–Trinajstić information content (AvgIpc) is 3.61. The monoisotopic (exact) mass is 734 g/mol. The molecule has 6 heteroatoms. The van der Waals surface area contributed by atoms with Crippen LogP contribution in [0.15, 0.2) is 206 Å². The molecule has 10 rings (SSSR count). The van der Waals surface area contributed by atoms with E-state index in [0.717, 1.165) is 27.8 Å². The van der Waals surface area contributed by atoms with Gasteiger partial charge >= 0.3 is 6.01 Å². The van der Waals surface area contributed by atoms with E-state index in [0.29, 0.717) is 28.9 Å². The molecule has 0 fully saturated rings. The third-order valence-corrected chi connectivity index (χ3v) is 10.0. The molecule has 0 atom stereocenters. The second-order valence-corrected chi connectivity index (χ2v) is 13.7. The first-order valence-corrected chi connectivity index (χ1v) is 18.8. The summed E-state index contributed by atoms with van der Waals surface area (Å²) in [4.78, 5) is 14.2. The summed E-state index contributed by atoms with van der Waals surface area (Å²) in [7, 11) is 0. The molecule has 6 nitrogen and oxygen atoms in total. The average molecular weight is 735 g/mol. The van der Waals surface area contributed by atoms with Crippen molar-refractivity contribution < 1.29 is 9.47 Å². The van der Waals surface area contributed by atoms with Crippen molar-refractivity contribution in [1.29, 1.82) is 0 Å². The number of ether oxygens (including phenoxy) is 2. The van der Waals surface area contributed by atoms with Crippen LogP contribution in [0.2, 0.25) is 0 Å². The van der Waals surface area contributed by atoms with Gasteiger partial charge in [0, 0.05) is 27.6 Å². The van der Waals surface area contributed by atoms with E-state index in [1.165, 1.54) is 33.0 Å². The third-order valence-electron chi connectivity index (χ3n) is 10.0. The van der Waals surface area contributed by atoms with Gasteiger partial charge in [-0.1, -0.05) is 146 Å². The summed E-state index contributed by atoms with van der Waals surface area (Å²) in [5.41, 5.74) is 9.75. The van der Waals surface area contributed by atoms with Crippen LogP contribution in [0.4, 0.5) is 0 Å². The fraction of sp³-hybridized carbons (Fsp3) is 0. The SMILES string of the molecule is c1ccc(-c2ccc3c(c2)c2cc(-c4ccccc4)ccc2n3-c2ccc(Oc3ccccc3Oc3nc(-c4ccccc4)nc(-c4ccccc4)n3)cc2)cc1. The fourth-order valence-corrected chi connectivity index (χ4v) is 7.26. The molecule has 0 spiro atoms. The van der Waals surface area contributed by atoms with Crippen molar-refractivity contribution >= 4 is 21.8 Å². The number of hydrogen-bond acceptors (Lipinski definition) is 5. The first kappa shape index (κ1) is 33.7. The predicted octanol–water partition coefficient (Wildman–Crippen LogP) is 13.2. The van der Waals surface area contributed by atoms with Crippen LogP contribution in [0.1, 0.15) is 0 Å². The van der Waals surface area contributed by atoms with Crippen molar-refractivity contribution in [3.63, 3.8) is 0 Å². The molecule has 0 saturated heterocycles. The van der Waals surface area contributed by atoms with Crippen molar-refractivity contribution in [2.24, 2.45) is 0 Å². The molecule has 270 valence electrons. The Morgan fingerprint density at radius 1 is 0.333 bits per heavy atom. The second kappa shape index (κ2) is 14.8. The summed E-state index contributed by atoms with van der Waals surface area (Å²) in [6.07, 6.45) is 0. The quantitative estimate of drug-likeness (QED) is 0.148. The summed E-state index contributed by atoms with van der Waals surface area (Å²) >= 11 is 0. The van der Waals surface area contributed by atoms with E-state index in [-0.39, 0.29) is 6.01 Å². The van der Waals surface area contributed by atoms with Gasteiger partial charge in [-0.25, -0.2) is 4.98 Å². The smallest absolute Gasteiger partial charge is 0.326 e. The molecule has 57 heavy (non-hydrogen) atoms. The third kappa shape index (κ3) is 6.77. The topological polar surface area (TPSA) is 62.1 Å². The minimum Gasteiger partial charge on any atom is -0.453 e. The number of benzene rings is 8. The van der Waals surface area contributed by atoms with E-state index >= 15 is 0 Å². The lowest BCUT2D eigenvalue weighted by Crippen LogP contribution is -2.01. The van der Waals surface area contributed by atoms with Crippen molar-refractivity contribution in [3.8, 4) is 74.0 Å². The molecule has 0 aliphatic rings. The Morgan fingerprint density at radius 3 is 1.23 bits per heavy atom. The maximum absolute atomic E-state index is 6.48. The zero-order valence-corrected chi connectivity index (χ0v) is 30.7. The first-order valence-electron chi connectivity index (χ1n) is 18.8. The van der Waals surface area contributed by atoms with Gasteiger partial charge in [0.05, 0.1) is 11.0 Å². The van der Waals surface area contributed by atoms with Gasteiger partial charge in [0.2, 0.25) is 0 Å². The number of fused-ring (bicyclic) bond motifs is 3. The van der Waals surface area contributed by atoms with Crippen LogP contribution >= 0.6 is 0 Å². The Hall–Kier alpha value is -7.83. The minimum absolute atomic E-state index is 0.173. The lowest BCUT2D eigenvalue weighted by molar-refractivity contribution is 0.398. The normalized spacial score (nSPS) is 11.2. The van der Waals surface area contributed by atoms with E-state index in [1.54, 1.807) is 0 Å². The van der Waals surface area contributed by atoms with Gasteiger partial charge in [-0.2, -0.15) is 9.97 Å². The molecule has 0 aliphatic heterocycles. The van der Waals surface area contributed by atoms with Crippen molar-refractivity contribution in [2.45, 2.75) is 0 Å². The number of para-hydroxylation sites is 2. The van der Waals surface area contributed by atoms with Gasteiger partial charge in [0.25, 0.3) is 0 Å². The summed E-state index contributed by atoms with van der Waals surface area (Å²) in [6, 6.07) is 70.1. The fourth-order valence-electron chi connectivity index (χ4n) is 7.26. The Bertz CT molecular complexity index is 2830. The number of nitrogens with zero attached hydrogens (tertiary/aromatic N) is 4. The molecular weight excluding hydrogens is 701 g/mol. The molecule has 8 aromatic carbocycles. The van der Waals surface area contributed by atoms with Gasteiger partial charge in [-0.3, -0.25) is 0 Å². The lowest BCUT2D eigenvalue weighted by Gasteiger charge is -2.13. The Kier molecular flexibility index (Phi) is 8.74. The zero-order chi connectivity index (χ0) is 38.0. The molecule has 0 amide bonds. The van der Waals surface area contributed by atoms with Gasteiger partial charge in [-0.15, -0.1) is 0 Å². The molecule has 0 N–H and O–H groups in total. The van der Waals surface area contributed by atoms with Gasteiger partial charge in [-0.05, 0) is 82.9 Å².